The number of carbonyl (C=O) groups excluding carboxylic acids is 1. The Morgan fingerprint density at radius 1 is 1.42 bits per heavy atom. The molecule has 19 heavy (non-hydrogen) atoms. The number of amides is 1. The minimum absolute atomic E-state index is 0.0912. The molecule has 0 unspecified atom stereocenters. The molecule has 1 aromatic carbocycles. The van der Waals surface area contributed by atoms with E-state index in [1.807, 2.05) is 30.5 Å². The second kappa shape index (κ2) is 5.93. The van der Waals surface area contributed by atoms with Gasteiger partial charge in [-0.2, -0.15) is 11.8 Å². The van der Waals surface area contributed by atoms with E-state index in [2.05, 4.69) is 4.98 Å². The largest absolute Gasteiger partial charge is 0.383 e. The third-order valence-corrected chi connectivity index (χ3v) is 3.56. The molecule has 0 aliphatic rings. The summed E-state index contributed by atoms with van der Waals surface area (Å²) in [5.74, 6) is 1.22. The number of thioether (sulfide) groups is 1. The highest BCUT2D eigenvalue weighted by Crippen LogP contribution is 2.20. The highest BCUT2D eigenvalue weighted by molar-refractivity contribution is 7.98. The molecular formula is C14H17N3OS. The zero-order chi connectivity index (χ0) is 13.8. The molecule has 2 N–H and O–H groups in total. The zero-order valence-electron chi connectivity index (χ0n) is 11.1. The molecule has 0 saturated carbocycles. The molecule has 0 fully saturated rings. The Morgan fingerprint density at radius 3 is 2.89 bits per heavy atom. The third kappa shape index (κ3) is 2.98. The van der Waals surface area contributed by atoms with Gasteiger partial charge in [0.25, 0.3) is 5.91 Å². The molecule has 0 atom stereocenters. The van der Waals surface area contributed by atoms with Crippen LogP contribution in [0.2, 0.25) is 0 Å². The first-order valence-electron chi connectivity index (χ1n) is 6.03. The number of nitrogens with two attached hydrogens (primary N) is 1. The maximum Gasteiger partial charge on any atom is 0.272 e. The number of nitrogens with zero attached hydrogens (tertiary/aromatic N) is 2. The van der Waals surface area contributed by atoms with Crippen LogP contribution in [0.15, 0.2) is 30.3 Å². The summed E-state index contributed by atoms with van der Waals surface area (Å²) in [6.07, 6.45) is 2.02. The van der Waals surface area contributed by atoms with Crippen LogP contribution in [0.1, 0.15) is 10.5 Å². The molecule has 0 saturated heterocycles. The number of hydrogen-bond donors (Lipinski definition) is 1. The number of nitrogen functional groups attached to an aromatic ring is 1. The van der Waals surface area contributed by atoms with Crippen molar-refractivity contribution in [1.29, 1.82) is 0 Å². The lowest BCUT2D eigenvalue weighted by Gasteiger charge is -2.16. The van der Waals surface area contributed by atoms with E-state index in [9.17, 15) is 4.79 Å². The van der Waals surface area contributed by atoms with Gasteiger partial charge in [0, 0.05) is 24.7 Å². The van der Waals surface area contributed by atoms with Gasteiger partial charge >= 0.3 is 0 Å². The minimum atomic E-state index is -0.0912. The highest BCUT2D eigenvalue weighted by Gasteiger charge is 2.14. The van der Waals surface area contributed by atoms with Crippen molar-refractivity contribution in [2.75, 3.05) is 31.3 Å². The Hall–Kier alpha value is -1.75. The van der Waals surface area contributed by atoms with Gasteiger partial charge in [-0.05, 0) is 17.7 Å². The van der Waals surface area contributed by atoms with Crippen LogP contribution in [0.25, 0.3) is 10.8 Å². The quantitative estimate of drug-likeness (QED) is 0.929. The summed E-state index contributed by atoms with van der Waals surface area (Å²) in [5, 5.41) is 1.82. The summed E-state index contributed by atoms with van der Waals surface area (Å²) in [5.41, 5.74) is 6.31. The van der Waals surface area contributed by atoms with Gasteiger partial charge in [-0.15, -0.1) is 0 Å². The van der Waals surface area contributed by atoms with Gasteiger partial charge in [0.05, 0.1) is 0 Å². The molecule has 1 amide bonds. The average molecular weight is 275 g/mol. The van der Waals surface area contributed by atoms with Crippen molar-refractivity contribution in [2.45, 2.75) is 0 Å². The Morgan fingerprint density at radius 2 is 2.16 bits per heavy atom. The van der Waals surface area contributed by atoms with Crippen molar-refractivity contribution in [3.8, 4) is 0 Å². The minimum Gasteiger partial charge on any atom is -0.383 e. The average Bonchev–Trinajstić information content (AvgIpc) is 2.43. The third-order valence-electron chi connectivity index (χ3n) is 2.97. The van der Waals surface area contributed by atoms with Gasteiger partial charge in [0.15, 0.2) is 0 Å². The molecule has 4 nitrogen and oxygen atoms in total. The van der Waals surface area contributed by atoms with Gasteiger partial charge in [-0.3, -0.25) is 4.79 Å². The molecule has 0 aliphatic carbocycles. The van der Waals surface area contributed by atoms with E-state index in [4.69, 9.17) is 5.73 Å². The number of hydrogen-bond acceptors (Lipinski definition) is 4. The van der Waals surface area contributed by atoms with Gasteiger partial charge in [-0.25, -0.2) is 4.98 Å². The molecule has 0 aliphatic heterocycles. The van der Waals surface area contributed by atoms with Crippen molar-refractivity contribution < 1.29 is 4.79 Å². The van der Waals surface area contributed by atoms with Crippen LogP contribution in [-0.2, 0) is 0 Å². The number of fused-ring (bicyclic) bond motifs is 1. The highest BCUT2D eigenvalue weighted by atomic mass is 32.2. The van der Waals surface area contributed by atoms with Crippen LogP contribution in [0, 0.1) is 0 Å². The summed E-state index contributed by atoms with van der Waals surface area (Å²) >= 11 is 1.71. The second-order valence-corrected chi connectivity index (χ2v) is 5.32. The topological polar surface area (TPSA) is 59.2 Å². The Balaban J connectivity index is 2.32. The first kappa shape index (κ1) is 13.7. The lowest BCUT2D eigenvalue weighted by atomic mass is 10.1. The van der Waals surface area contributed by atoms with Crippen molar-refractivity contribution >= 4 is 34.3 Å². The molecule has 0 radical (unpaired) electrons. The fourth-order valence-electron chi connectivity index (χ4n) is 1.86. The van der Waals surface area contributed by atoms with Crippen LogP contribution in [0.3, 0.4) is 0 Å². The number of rotatable bonds is 4. The lowest BCUT2D eigenvalue weighted by Crippen LogP contribution is -2.29. The number of aromatic nitrogens is 1. The number of pyridine rings is 1. The Bertz CT molecular complexity index is 600. The van der Waals surface area contributed by atoms with E-state index >= 15 is 0 Å². The first-order chi connectivity index (χ1) is 9.13. The van der Waals surface area contributed by atoms with Crippen LogP contribution >= 0.6 is 11.8 Å². The monoisotopic (exact) mass is 275 g/mol. The predicted octanol–water partition coefficient (Wildman–Crippen LogP) is 2.25. The van der Waals surface area contributed by atoms with Crippen LogP contribution in [-0.4, -0.2) is 41.4 Å². The van der Waals surface area contributed by atoms with E-state index in [1.165, 1.54) is 0 Å². The van der Waals surface area contributed by atoms with E-state index in [0.29, 0.717) is 18.1 Å². The normalized spacial score (nSPS) is 10.6. The summed E-state index contributed by atoms with van der Waals surface area (Å²) < 4.78 is 0. The number of carbonyl (C=O) groups is 1. The van der Waals surface area contributed by atoms with E-state index in [-0.39, 0.29) is 5.91 Å². The van der Waals surface area contributed by atoms with Crippen molar-refractivity contribution in [3.63, 3.8) is 0 Å². The molecule has 5 heteroatoms. The molecule has 1 heterocycles. The number of anilines is 1. The second-order valence-electron chi connectivity index (χ2n) is 4.33. The van der Waals surface area contributed by atoms with Gasteiger partial charge in [0.1, 0.15) is 11.5 Å². The summed E-state index contributed by atoms with van der Waals surface area (Å²) in [6, 6.07) is 9.47. The standard InChI is InChI=1S/C14H17N3OS/c1-17(7-8-19-2)14(18)12-9-10-5-3-4-6-11(10)13(15)16-12/h3-6,9H,7-8H2,1-2H3,(H2,15,16). The fraction of sp³-hybridized carbons (Fsp3) is 0.286. The van der Waals surface area contributed by atoms with E-state index < -0.39 is 0 Å². The van der Waals surface area contributed by atoms with Crippen molar-refractivity contribution in [3.05, 3.63) is 36.0 Å². The number of benzene rings is 1. The van der Waals surface area contributed by atoms with Crippen LogP contribution in [0.4, 0.5) is 5.82 Å². The molecule has 100 valence electrons. The SMILES string of the molecule is CSCCN(C)C(=O)c1cc2ccccc2c(N)n1. The van der Waals surface area contributed by atoms with E-state index in [1.54, 1.807) is 29.8 Å². The van der Waals surface area contributed by atoms with Crippen molar-refractivity contribution in [1.82, 2.24) is 9.88 Å². The Kier molecular flexibility index (Phi) is 4.27. The van der Waals surface area contributed by atoms with Crippen molar-refractivity contribution in [2.24, 2.45) is 0 Å². The van der Waals surface area contributed by atoms with E-state index in [0.717, 1.165) is 16.5 Å². The summed E-state index contributed by atoms with van der Waals surface area (Å²) in [4.78, 5) is 18.1. The zero-order valence-corrected chi connectivity index (χ0v) is 11.9. The van der Waals surface area contributed by atoms with Crippen LogP contribution < -0.4 is 5.73 Å². The summed E-state index contributed by atoms with van der Waals surface area (Å²) in [6.45, 7) is 0.703. The smallest absolute Gasteiger partial charge is 0.272 e. The lowest BCUT2D eigenvalue weighted by molar-refractivity contribution is 0.0798. The maximum atomic E-state index is 12.2. The maximum absolute atomic E-state index is 12.2. The van der Waals surface area contributed by atoms with Crippen LogP contribution in [0.5, 0.6) is 0 Å². The molecule has 0 bridgehead atoms. The Labute approximate surface area is 117 Å². The molecule has 2 aromatic rings. The fourth-order valence-corrected chi connectivity index (χ4v) is 2.32. The molecular weight excluding hydrogens is 258 g/mol. The molecule has 1 aromatic heterocycles. The molecule has 2 rings (SSSR count). The predicted molar refractivity (Wildman–Crippen MR) is 81.5 cm³/mol. The van der Waals surface area contributed by atoms with Gasteiger partial charge < -0.3 is 10.6 Å². The van der Waals surface area contributed by atoms with Gasteiger partial charge in [-0.1, -0.05) is 24.3 Å². The first-order valence-corrected chi connectivity index (χ1v) is 7.42. The van der Waals surface area contributed by atoms with Gasteiger partial charge in [0.2, 0.25) is 0 Å². The summed E-state index contributed by atoms with van der Waals surface area (Å²) in [7, 11) is 1.78. The molecule has 0 spiro atoms.